The monoisotopic (exact) mass is 656 g/mol. The van der Waals surface area contributed by atoms with Crippen molar-refractivity contribution in [1.82, 2.24) is 4.98 Å². The summed E-state index contributed by atoms with van der Waals surface area (Å²) in [4.78, 5) is 3.48. The summed E-state index contributed by atoms with van der Waals surface area (Å²) in [6.45, 7) is 1.38. The van der Waals surface area contributed by atoms with Gasteiger partial charge in [-0.2, -0.15) is 4.57 Å². The Bertz CT molecular complexity index is 2000. The van der Waals surface area contributed by atoms with Crippen LogP contribution in [0.4, 0.5) is 0 Å². The molecule has 0 atom stereocenters. The van der Waals surface area contributed by atoms with Gasteiger partial charge in [-0.25, -0.2) is 18.6 Å². The van der Waals surface area contributed by atoms with E-state index in [0.29, 0.717) is 6.61 Å². The molecule has 5 aromatic carbocycles. The number of aromatic nitrogens is 2. The molecule has 0 spiro atoms. The van der Waals surface area contributed by atoms with Crippen LogP contribution in [0.5, 0.6) is 5.75 Å². The molecule has 0 aliphatic heterocycles. The predicted molar refractivity (Wildman–Crippen MR) is 176 cm³/mol. The van der Waals surface area contributed by atoms with Crippen LogP contribution < -0.4 is 27.9 Å². The topological polar surface area (TPSA) is 121 Å². The van der Waals surface area contributed by atoms with E-state index in [1.54, 1.807) is 0 Å². The molecule has 0 fully saturated rings. The van der Waals surface area contributed by atoms with E-state index >= 15 is 0 Å². The molecular formula is C40H33ClN2O5. The summed E-state index contributed by atoms with van der Waals surface area (Å²) in [6.07, 6.45) is 3.02. The first-order valence-corrected chi connectivity index (χ1v) is 16.7. The van der Waals surface area contributed by atoms with Crippen LogP contribution in [-0.2, 0) is 19.6 Å². The number of hydrogen-bond acceptors (Lipinski definition) is 5. The molecule has 0 aliphatic rings. The SMILES string of the molecule is [O-][Cl+3]([O-])([O-])[O-].c1ccc(COc2ccc3[nH]cc(CC[n+]4c(-c5ccccc5)cc(-c5ccccc5)cc4-c4ccccc4)c3c2)cc1. The smallest absolute Gasteiger partial charge is 0.213 e. The van der Waals surface area contributed by atoms with Gasteiger partial charge in [-0.1, -0.05) is 97.1 Å². The van der Waals surface area contributed by atoms with E-state index in [2.05, 4.69) is 143 Å². The minimum Gasteiger partial charge on any atom is -0.489 e. The molecule has 0 bridgehead atoms. The second-order valence-corrected chi connectivity index (χ2v) is 11.9. The van der Waals surface area contributed by atoms with Crippen LogP contribution in [0.2, 0.25) is 0 Å². The summed E-state index contributed by atoms with van der Waals surface area (Å²) in [5, 5.41) is 1.20. The Hall–Kier alpha value is -5.28. The van der Waals surface area contributed by atoms with Crippen molar-refractivity contribution in [2.45, 2.75) is 19.6 Å². The van der Waals surface area contributed by atoms with Crippen LogP contribution in [0.3, 0.4) is 0 Å². The molecule has 0 amide bonds. The lowest BCUT2D eigenvalue weighted by molar-refractivity contribution is -2.00. The highest BCUT2D eigenvalue weighted by molar-refractivity contribution is 5.84. The highest BCUT2D eigenvalue weighted by Crippen LogP contribution is 2.30. The van der Waals surface area contributed by atoms with Gasteiger partial charge in [0.25, 0.3) is 0 Å². The molecule has 7 aromatic rings. The summed E-state index contributed by atoms with van der Waals surface area (Å²) in [5.74, 6) is 0.881. The van der Waals surface area contributed by atoms with Crippen LogP contribution in [0.25, 0.3) is 44.5 Å². The Morgan fingerprint density at radius 1 is 0.562 bits per heavy atom. The number of aryl methyl sites for hydroxylation is 1. The molecule has 0 unspecified atom stereocenters. The van der Waals surface area contributed by atoms with E-state index in [4.69, 9.17) is 23.4 Å². The van der Waals surface area contributed by atoms with Gasteiger partial charge in [0.05, 0.1) is 0 Å². The maximum Gasteiger partial charge on any atom is 0.213 e. The lowest BCUT2D eigenvalue weighted by atomic mass is 9.98. The lowest BCUT2D eigenvalue weighted by Gasteiger charge is -2.17. The lowest BCUT2D eigenvalue weighted by Crippen LogP contribution is -2.68. The van der Waals surface area contributed by atoms with Crippen molar-refractivity contribution in [3.05, 3.63) is 169 Å². The third-order valence-corrected chi connectivity index (χ3v) is 8.00. The van der Waals surface area contributed by atoms with Crippen LogP contribution in [-0.4, -0.2) is 4.98 Å². The standard InChI is InChI=1S/C40H33N2O.ClHO4/c1-5-13-30(14-6-1)29-43-36-21-22-38-37(27-36)34(28-41-38)23-24-42-39(32-17-9-3-10-18-32)25-35(31-15-7-2-8-16-31)26-40(42)33-19-11-4-12-20-33;2-1(3,4)5/h1-22,25-28,41H,23-24,29H2;(H,2,3,4,5)/q+1;/p-1. The Morgan fingerprint density at radius 3 is 1.60 bits per heavy atom. The van der Waals surface area contributed by atoms with E-state index in [1.165, 1.54) is 44.6 Å². The number of nitrogens with zero attached hydrogens (tertiary/aromatic N) is 1. The number of rotatable bonds is 9. The second-order valence-electron chi connectivity index (χ2n) is 11.2. The maximum atomic E-state index is 8.49. The first kappa shape index (κ1) is 32.7. The molecule has 2 aromatic heterocycles. The fourth-order valence-electron chi connectivity index (χ4n) is 5.78. The zero-order valence-electron chi connectivity index (χ0n) is 26.0. The molecule has 1 N–H and O–H groups in total. The number of aromatic amines is 1. The predicted octanol–water partition coefficient (Wildman–Crippen LogP) is 4.52. The minimum absolute atomic E-state index is 0.552. The van der Waals surface area contributed by atoms with Crippen molar-refractivity contribution in [2.24, 2.45) is 0 Å². The summed E-state index contributed by atoms with van der Waals surface area (Å²) >= 11 is 0. The van der Waals surface area contributed by atoms with Gasteiger partial charge in [0.1, 0.15) is 12.4 Å². The van der Waals surface area contributed by atoms with Gasteiger partial charge in [0.2, 0.25) is 11.4 Å². The van der Waals surface area contributed by atoms with Crippen molar-refractivity contribution in [2.75, 3.05) is 0 Å². The number of fused-ring (bicyclic) bond motifs is 1. The quantitative estimate of drug-likeness (QED) is 0.229. The van der Waals surface area contributed by atoms with Crippen LogP contribution in [0, 0.1) is 10.2 Å². The zero-order chi connectivity index (χ0) is 33.3. The number of nitrogens with one attached hydrogen (secondary N) is 1. The number of H-pyrrole nitrogens is 1. The largest absolute Gasteiger partial charge is 0.489 e. The molecule has 0 aliphatic carbocycles. The zero-order valence-corrected chi connectivity index (χ0v) is 26.8. The molecule has 240 valence electrons. The minimum atomic E-state index is -4.94. The van der Waals surface area contributed by atoms with Crippen LogP contribution in [0.15, 0.2) is 158 Å². The van der Waals surface area contributed by atoms with E-state index < -0.39 is 10.2 Å². The first-order valence-electron chi connectivity index (χ1n) is 15.4. The van der Waals surface area contributed by atoms with Crippen molar-refractivity contribution in [1.29, 1.82) is 0 Å². The Balaban J connectivity index is 0.000000749. The molecule has 2 heterocycles. The van der Waals surface area contributed by atoms with Crippen molar-refractivity contribution < 1.29 is 38.2 Å². The van der Waals surface area contributed by atoms with Crippen molar-refractivity contribution in [3.8, 4) is 39.4 Å². The summed E-state index contributed by atoms with van der Waals surface area (Å²) in [6, 6.07) is 53.4. The van der Waals surface area contributed by atoms with Gasteiger partial charge in [-0.3, -0.25) is 0 Å². The van der Waals surface area contributed by atoms with Gasteiger partial charge in [-0.15, -0.1) is 10.2 Å². The number of halogens is 1. The highest BCUT2D eigenvalue weighted by Gasteiger charge is 2.23. The number of hydrogen-bond donors (Lipinski definition) is 1. The van der Waals surface area contributed by atoms with Gasteiger partial charge < -0.3 is 9.72 Å². The summed E-state index contributed by atoms with van der Waals surface area (Å²) < 4.78 is 42.6. The number of benzene rings is 5. The van der Waals surface area contributed by atoms with E-state index in [-0.39, 0.29) is 0 Å². The number of ether oxygens (including phenoxy) is 1. The van der Waals surface area contributed by atoms with E-state index in [1.807, 2.05) is 24.3 Å². The molecular weight excluding hydrogens is 624 g/mol. The molecule has 8 heteroatoms. The molecule has 7 nitrogen and oxygen atoms in total. The number of pyridine rings is 1. The summed E-state index contributed by atoms with van der Waals surface area (Å²) in [5.41, 5.74) is 10.8. The van der Waals surface area contributed by atoms with E-state index in [9.17, 15) is 0 Å². The average Bonchev–Trinajstić information content (AvgIpc) is 3.52. The average molecular weight is 657 g/mol. The highest BCUT2D eigenvalue weighted by atomic mass is 35.7. The first-order chi connectivity index (χ1) is 23.3. The summed E-state index contributed by atoms with van der Waals surface area (Å²) in [7, 11) is -4.94. The van der Waals surface area contributed by atoms with Crippen LogP contribution >= 0.6 is 0 Å². The molecule has 48 heavy (non-hydrogen) atoms. The van der Waals surface area contributed by atoms with E-state index in [0.717, 1.165) is 29.8 Å². The molecule has 0 radical (unpaired) electrons. The third-order valence-electron chi connectivity index (χ3n) is 8.00. The Labute approximate surface area is 281 Å². The second kappa shape index (κ2) is 15.1. The van der Waals surface area contributed by atoms with Gasteiger partial charge in [-0.05, 0) is 64.7 Å². The van der Waals surface area contributed by atoms with Gasteiger partial charge in [0, 0.05) is 46.8 Å². The Kier molecular flexibility index (Phi) is 10.3. The fourth-order valence-corrected chi connectivity index (χ4v) is 5.78. The van der Waals surface area contributed by atoms with Crippen LogP contribution in [0.1, 0.15) is 11.1 Å². The van der Waals surface area contributed by atoms with Gasteiger partial charge >= 0.3 is 0 Å². The Morgan fingerprint density at radius 2 is 1.06 bits per heavy atom. The normalized spacial score (nSPS) is 11.2. The van der Waals surface area contributed by atoms with Crippen molar-refractivity contribution in [3.63, 3.8) is 0 Å². The van der Waals surface area contributed by atoms with Gasteiger partial charge in [0.15, 0.2) is 6.54 Å². The molecule has 0 saturated carbocycles. The fraction of sp³-hybridized carbons (Fsp3) is 0.0750. The molecule has 0 saturated heterocycles. The molecule has 7 rings (SSSR count). The maximum absolute atomic E-state index is 8.49. The third kappa shape index (κ3) is 8.54. The van der Waals surface area contributed by atoms with Crippen molar-refractivity contribution >= 4 is 10.9 Å².